The third kappa shape index (κ3) is 4.50. The molecule has 6 heteroatoms. The van der Waals surface area contributed by atoms with Crippen LogP contribution in [0.1, 0.15) is 19.8 Å². The van der Waals surface area contributed by atoms with Crippen LogP contribution in [-0.4, -0.2) is 26.2 Å². The number of carbonyl (C=O) groups excluding carboxylic acids is 2. The van der Waals surface area contributed by atoms with Crippen LogP contribution in [0.2, 0.25) is 0 Å². The summed E-state index contributed by atoms with van der Waals surface area (Å²) in [4.78, 5) is 22.8. The zero-order valence-electron chi connectivity index (χ0n) is 11.3. The minimum Gasteiger partial charge on any atom is -0.493 e. The highest BCUT2D eigenvalue weighted by molar-refractivity contribution is 6.01. The van der Waals surface area contributed by atoms with Gasteiger partial charge in [0.2, 0.25) is 5.91 Å². The fraction of sp³-hybridized carbons (Fsp3) is 0.385. The van der Waals surface area contributed by atoms with Crippen molar-refractivity contribution in [3.8, 4) is 11.5 Å². The van der Waals surface area contributed by atoms with Gasteiger partial charge in [0.25, 0.3) is 0 Å². The summed E-state index contributed by atoms with van der Waals surface area (Å²) in [6.45, 7) is 1.87. The van der Waals surface area contributed by atoms with Crippen LogP contribution in [0.4, 0.5) is 10.5 Å². The average molecular weight is 266 g/mol. The standard InChI is InChI=1S/C13H18N2O4/c1-4-5-12(16)15-13(17)14-9-6-7-10(18-2)11(8-9)19-3/h6-8H,4-5H2,1-3H3,(H2,14,15,16,17). The summed E-state index contributed by atoms with van der Waals surface area (Å²) in [5.41, 5.74) is 0.513. The molecule has 1 rings (SSSR count). The van der Waals surface area contributed by atoms with Crippen molar-refractivity contribution in [1.29, 1.82) is 0 Å². The van der Waals surface area contributed by atoms with Crippen molar-refractivity contribution in [1.82, 2.24) is 5.32 Å². The Hall–Kier alpha value is -2.24. The first kappa shape index (κ1) is 14.8. The lowest BCUT2D eigenvalue weighted by Gasteiger charge is -2.10. The molecule has 104 valence electrons. The number of methoxy groups -OCH3 is 2. The molecule has 0 aromatic heterocycles. The lowest BCUT2D eigenvalue weighted by molar-refractivity contribution is -0.119. The van der Waals surface area contributed by atoms with Gasteiger partial charge in [0.05, 0.1) is 14.2 Å². The first-order valence-corrected chi connectivity index (χ1v) is 5.93. The van der Waals surface area contributed by atoms with E-state index in [1.807, 2.05) is 6.92 Å². The van der Waals surface area contributed by atoms with Crippen molar-refractivity contribution in [3.63, 3.8) is 0 Å². The van der Waals surface area contributed by atoms with Crippen molar-refractivity contribution in [2.24, 2.45) is 0 Å². The van der Waals surface area contributed by atoms with Gasteiger partial charge < -0.3 is 14.8 Å². The molecule has 2 N–H and O–H groups in total. The molecular formula is C13H18N2O4. The molecule has 0 heterocycles. The van der Waals surface area contributed by atoms with Crippen LogP contribution in [0, 0.1) is 0 Å². The summed E-state index contributed by atoms with van der Waals surface area (Å²) in [5.74, 6) is 0.760. The van der Waals surface area contributed by atoms with E-state index in [1.54, 1.807) is 18.2 Å². The van der Waals surface area contributed by atoms with Crippen molar-refractivity contribution in [2.75, 3.05) is 19.5 Å². The number of rotatable bonds is 5. The molecule has 6 nitrogen and oxygen atoms in total. The number of nitrogens with one attached hydrogen (secondary N) is 2. The van der Waals surface area contributed by atoms with Gasteiger partial charge in [-0.3, -0.25) is 10.1 Å². The summed E-state index contributed by atoms with van der Waals surface area (Å²) >= 11 is 0. The van der Waals surface area contributed by atoms with Gasteiger partial charge in [-0.05, 0) is 18.6 Å². The summed E-state index contributed by atoms with van der Waals surface area (Å²) in [6.07, 6.45) is 1.01. The van der Waals surface area contributed by atoms with Gasteiger partial charge in [-0.2, -0.15) is 0 Å². The largest absolute Gasteiger partial charge is 0.493 e. The van der Waals surface area contributed by atoms with Gasteiger partial charge in [-0.25, -0.2) is 4.79 Å². The average Bonchev–Trinajstić information content (AvgIpc) is 2.38. The molecule has 3 amide bonds. The summed E-state index contributed by atoms with van der Waals surface area (Å²) in [6, 6.07) is 4.38. The summed E-state index contributed by atoms with van der Waals surface area (Å²) < 4.78 is 10.2. The Morgan fingerprint density at radius 2 is 1.84 bits per heavy atom. The Morgan fingerprint density at radius 1 is 1.16 bits per heavy atom. The highest BCUT2D eigenvalue weighted by Crippen LogP contribution is 2.29. The lowest BCUT2D eigenvalue weighted by Crippen LogP contribution is -2.34. The molecule has 19 heavy (non-hydrogen) atoms. The Labute approximate surface area is 112 Å². The zero-order valence-corrected chi connectivity index (χ0v) is 11.3. The fourth-order valence-corrected chi connectivity index (χ4v) is 1.49. The molecule has 1 aromatic rings. The number of carbonyl (C=O) groups is 2. The molecule has 0 aliphatic rings. The van der Waals surface area contributed by atoms with Gasteiger partial charge in [0, 0.05) is 18.2 Å². The third-order valence-corrected chi connectivity index (χ3v) is 2.37. The van der Waals surface area contributed by atoms with Crippen molar-refractivity contribution >= 4 is 17.6 Å². The highest BCUT2D eigenvalue weighted by Gasteiger charge is 2.09. The topological polar surface area (TPSA) is 76.7 Å². The van der Waals surface area contributed by atoms with Gasteiger partial charge in [0.15, 0.2) is 11.5 Å². The normalized spacial score (nSPS) is 9.63. The van der Waals surface area contributed by atoms with E-state index in [-0.39, 0.29) is 5.91 Å². The van der Waals surface area contributed by atoms with E-state index in [9.17, 15) is 9.59 Å². The van der Waals surface area contributed by atoms with Crippen LogP contribution < -0.4 is 20.1 Å². The molecular weight excluding hydrogens is 248 g/mol. The Balaban J connectivity index is 2.66. The number of hydrogen-bond acceptors (Lipinski definition) is 4. The van der Waals surface area contributed by atoms with Gasteiger partial charge >= 0.3 is 6.03 Å². The first-order chi connectivity index (χ1) is 9.10. The van der Waals surface area contributed by atoms with Gasteiger partial charge in [0.1, 0.15) is 0 Å². The maximum atomic E-state index is 11.5. The fourth-order valence-electron chi connectivity index (χ4n) is 1.49. The number of anilines is 1. The number of hydrogen-bond donors (Lipinski definition) is 2. The quantitative estimate of drug-likeness (QED) is 0.856. The molecule has 0 saturated heterocycles. The number of ether oxygens (including phenoxy) is 2. The van der Waals surface area contributed by atoms with Crippen molar-refractivity contribution in [3.05, 3.63) is 18.2 Å². The Kier molecular flexibility index (Phi) is 5.66. The molecule has 0 spiro atoms. The summed E-state index contributed by atoms with van der Waals surface area (Å²) in [7, 11) is 3.04. The smallest absolute Gasteiger partial charge is 0.325 e. The van der Waals surface area contributed by atoms with E-state index in [4.69, 9.17) is 9.47 Å². The van der Waals surface area contributed by atoms with Crippen LogP contribution in [0.3, 0.4) is 0 Å². The SMILES string of the molecule is CCCC(=O)NC(=O)Nc1ccc(OC)c(OC)c1. The maximum Gasteiger partial charge on any atom is 0.325 e. The van der Waals surface area contributed by atoms with Crippen LogP contribution in [0.25, 0.3) is 0 Å². The van der Waals surface area contributed by atoms with E-state index in [0.717, 1.165) is 0 Å². The van der Waals surface area contributed by atoms with Gasteiger partial charge in [-0.15, -0.1) is 0 Å². The van der Waals surface area contributed by atoms with Crippen LogP contribution in [-0.2, 0) is 4.79 Å². The van der Waals surface area contributed by atoms with Crippen LogP contribution in [0.15, 0.2) is 18.2 Å². The first-order valence-electron chi connectivity index (χ1n) is 5.93. The third-order valence-electron chi connectivity index (χ3n) is 2.37. The molecule has 0 unspecified atom stereocenters. The molecule has 0 saturated carbocycles. The summed E-state index contributed by atoms with van der Waals surface area (Å²) in [5, 5.41) is 4.79. The molecule has 0 aliphatic heterocycles. The van der Waals surface area contributed by atoms with E-state index >= 15 is 0 Å². The molecule has 0 aliphatic carbocycles. The van der Waals surface area contributed by atoms with Crippen LogP contribution in [0.5, 0.6) is 11.5 Å². The van der Waals surface area contributed by atoms with Crippen LogP contribution >= 0.6 is 0 Å². The second kappa shape index (κ2) is 7.25. The van der Waals surface area contributed by atoms with E-state index in [1.165, 1.54) is 14.2 Å². The molecule has 0 atom stereocenters. The zero-order chi connectivity index (χ0) is 14.3. The minimum atomic E-state index is -0.564. The predicted octanol–water partition coefficient (Wildman–Crippen LogP) is 2.15. The van der Waals surface area contributed by atoms with E-state index in [0.29, 0.717) is 30.0 Å². The second-order valence-corrected chi connectivity index (χ2v) is 3.82. The Bertz CT molecular complexity index is 460. The number of benzene rings is 1. The van der Waals surface area contributed by atoms with E-state index in [2.05, 4.69) is 10.6 Å². The maximum absolute atomic E-state index is 11.5. The van der Waals surface area contributed by atoms with E-state index < -0.39 is 6.03 Å². The molecule has 0 bridgehead atoms. The lowest BCUT2D eigenvalue weighted by atomic mass is 10.2. The van der Waals surface area contributed by atoms with Crippen molar-refractivity contribution < 1.29 is 19.1 Å². The number of urea groups is 1. The van der Waals surface area contributed by atoms with Gasteiger partial charge in [-0.1, -0.05) is 6.92 Å². The number of amides is 3. The minimum absolute atomic E-state index is 0.305. The number of imide groups is 1. The molecule has 1 aromatic carbocycles. The van der Waals surface area contributed by atoms with Crippen molar-refractivity contribution in [2.45, 2.75) is 19.8 Å². The highest BCUT2D eigenvalue weighted by atomic mass is 16.5. The molecule has 0 radical (unpaired) electrons. The monoisotopic (exact) mass is 266 g/mol. The molecule has 0 fully saturated rings. The predicted molar refractivity (Wildman–Crippen MR) is 71.6 cm³/mol. The second-order valence-electron chi connectivity index (χ2n) is 3.82. The Morgan fingerprint density at radius 3 is 2.42 bits per heavy atom.